The maximum atomic E-state index is 6.45. The number of ether oxygens (including phenoxy) is 2. The van der Waals surface area contributed by atoms with Crippen molar-refractivity contribution in [1.29, 1.82) is 0 Å². The number of nitrogens with two attached hydrogens (primary N) is 1. The molecular weight excluding hydrogens is 250 g/mol. The lowest BCUT2D eigenvalue weighted by molar-refractivity contribution is 0.350. The second-order valence-corrected chi connectivity index (χ2v) is 4.85. The van der Waals surface area contributed by atoms with Gasteiger partial charge in [0.1, 0.15) is 0 Å². The molecule has 0 spiro atoms. The Morgan fingerprint density at radius 1 is 0.900 bits per heavy atom. The van der Waals surface area contributed by atoms with E-state index in [2.05, 4.69) is 26.0 Å². The molecule has 1 unspecified atom stereocenters. The van der Waals surface area contributed by atoms with Crippen molar-refractivity contribution in [2.75, 3.05) is 14.2 Å². The predicted octanol–water partition coefficient (Wildman–Crippen LogP) is 3.37. The van der Waals surface area contributed by atoms with Crippen LogP contribution in [0.15, 0.2) is 36.4 Å². The molecule has 106 valence electrons. The van der Waals surface area contributed by atoms with Gasteiger partial charge in [-0.3, -0.25) is 0 Å². The van der Waals surface area contributed by atoms with E-state index in [4.69, 9.17) is 15.2 Å². The molecule has 2 rings (SSSR count). The highest BCUT2D eigenvalue weighted by Gasteiger charge is 2.19. The molecule has 2 N–H and O–H groups in total. The molecule has 0 saturated heterocycles. The van der Waals surface area contributed by atoms with Gasteiger partial charge in [-0.25, -0.2) is 0 Å². The average molecular weight is 271 g/mol. The summed E-state index contributed by atoms with van der Waals surface area (Å²) in [7, 11) is 3.27. The topological polar surface area (TPSA) is 44.5 Å². The summed E-state index contributed by atoms with van der Waals surface area (Å²) in [5.74, 6) is 1.40. The second kappa shape index (κ2) is 5.97. The van der Waals surface area contributed by atoms with Crippen LogP contribution in [0, 0.1) is 13.8 Å². The highest BCUT2D eigenvalue weighted by molar-refractivity contribution is 5.52. The van der Waals surface area contributed by atoms with Crippen LogP contribution in [-0.4, -0.2) is 14.2 Å². The molecule has 0 aromatic heterocycles. The Balaban J connectivity index is 2.53. The van der Waals surface area contributed by atoms with Crippen LogP contribution in [0.1, 0.15) is 28.3 Å². The Labute approximate surface area is 120 Å². The first-order chi connectivity index (χ1) is 9.60. The van der Waals surface area contributed by atoms with Gasteiger partial charge >= 0.3 is 0 Å². The van der Waals surface area contributed by atoms with E-state index in [9.17, 15) is 0 Å². The quantitative estimate of drug-likeness (QED) is 0.927. The zero-order valence-corrected chi connectivity index (χ0v) is 12.4. The van der Waals surface area contributed by atoms with E-state index in [1.165, 1.54) is 11.1 Å². The average Bonchev–Trinajstić information content (AvgIpc) is 2.48. The molecule has 0 fully saturated rings. The van der Waals surface area contributed by atoms with Crippen LogP contribution in [0.25, 0.3) is 0 Å². The summed E-state index contributed by atoms with van der Waals surface area (Å²) in [4.78, 5) is 0. The Bertz CT molecular complexity index is 608. The summed E-state index contributed by atoms with van der Waals surface area (Å²) in [6, 6.07) is 11.7. The van der Waals surface area contributed by atoms with Crippen molar-refractivity contribution < 1.29 is 9.47 Å². The third-order valence-corrected chi connectivity index (χ3v) is 3.75. The minimum atomic E-state index is -0.236. The first kappa shape index (κ1) is 14.4. The molecule has 1 atom stereocenters. The van der Waals surface area contributed by atoms with Crippen LogP contribution < -0.4 is 15.2 Å². The van der Waals surface area contributed by atoms with Crippen LogP contribution in [0.4, 0.5) is 0 Å². The first-order valence-corrected chi connectivity index (χ1v) is 6.62. The largest absolute Gasteiger partial charge is 0.493 e. The van der Waals surface area contributed by atoms with Gasteiger partial charge in [0, 0.05) is 5.56 Å². The zero-order chi connectivity index (χ0) is 14.7. The van der Waals surface area contributed by atoms with E-state index < -0.39 is 0 Å². The lowest BCUT2D eigenvalue weighted by Gasteiger charge is -2.20. The molecule has 0 saturated carbocycles. The summed E-state index contributed by atoms with van der Waals surface area (Å²) in [5, 5.41) is 0. The summed E-state index contributed by atoms with van der Waals surface area (Å²) in [6.07, 6.45) is 0. The van der Waals surface area contributed by atoms with Crippen molar-refractivity contribution in [1.82, 2.24) is 0 Å². The predicted molar refractivity (Wildman–Crippen MR) is 81.5 cm³/mol. The molecule has 0 heterocycles. The third-order valence-electron chi connectivity index (χ3n) is 3.75. The van der Waals surface area contributed by atoms with E-state index in [1.54, 1.807) is 14.2 Å². The van der Waals surface area contributed by atoms with Crippen molar-refractivity contribution in [2.45, 2.75) is 19.9 Å². The van der Waals surface area contributed by atoms with E-state index in [1.807, 2.05) is 24.3 Å². The Morgan fingerprint density at radius 2 is 1.55 bits per heavy atom. The van der Waals surface area contributed by atoms with E-state index in [-0.39, 0.29) is 6.04 Å². The highest BCUT2D eigenvalue weighted by Crippen LogP contribution is 2.37. The SMILES string of the molecule is COc1cccc(C(N)c2cccc(C)c2C)c1OC. The Morgan fingerprint density at radius 3 is 2.20 bits per heavy atom. The normalized spacial score (nSPS) is 12.1. The molecule has 3 nitrogen and oxygen atoms in total. The lowest BCUT2D eigenvalue weighted by atomic mass is 9.92. The molecule has 0 radical (unpaired) electrons. The standard InChI is InChI=1S/C17H21NO2/c1-11-7-5-8-13(12(11)2)16(18)14-9-6-10-15(19-3)17(14)20-4/h5-10,16H,18H2,1-4H3. The van der Waals surface area contributed by atoms with Crippen molar-refractivity contribution in [3.05, 3.63) is 58.7 Å². The number of hydrogen-bond acceptors (Lipinski definition) is 3. The van der Waals surface area contributed by atoms with Crippen molar-refractivity contribution in [3.8, 4) is 11.5 Å². The number of benzene rings is 2. The number of aryl methyl sites for hydroxylation is 1. The number of methoxy groups -OCH3 is 2. The fourth-order valence-electron chi connectivity index (χ4n) is 2.44. The molecular formula is C17H21NO2. The summed E-state index contributed by atoms with van der Waals surface area (Å²) in [6.45, 7) is 4.19. The molecule has 3 heteroatoms. The van der Waals surface area contributed by atoms with Gasteiger partial charge in [-0.2, -0.15) is 0 Å². The van der Waals surface area contributed by atoms with E-state index in [0.29, 0.717) is 11.5 Å². The fourth-order valence-corrected chi connectivity index (χ4v) is 2.44. The second-order valence-electron chi connectivity index (χ2n) is 4.85. The van der Waals surface area contributed by atoms with Crippen LogP contribution in [0.5, 0.6) is 11.5 Å². The van der Waals surface area contributed by atoms with Crippen molar-refractivity contribution in [2.24, 2.45) is 5.73 Å². The molecule has 20 heavy (non-hydrogen) atoms. The minimum Gasteiger partial charge on any atom is -0.493 e. The molecule has 0 aliphatic rings. The van der Waals surface area contributed by atoms with Crippen molar-refractivity contribution >= 4 is 0 Å². The van der Waals surface area contributed by atoms with E-state index in [0.717, 1.165) is 11.1 Å². The van der Waals surface area contributed by atoms with Gasteiger partial charge in [0.25, 0.3) is 0 Å². The summed E-state index contributed by atoms with van der Waals surface area (Å²) >= 11 is 0. The highest BCUT2D eigenvalue weighted by atomic mass is 16.5. The van der Waals surface area contributed by atoms with Gasteiger partial charge in [-0.05, 0) is 36.6 Å². The van der Waals surface area contributed by atoms with Crippen LogP contribution in [0.2, 0.25) is 0 Å². The maximum absolute atomic E-state index is 6.45. The molecule has 0 aliphatic heterocycles. The van der Waals surface area contributed by atoms with Gasteiger partial charge in [0.05, 0.1) is 20.3 Å². The van der Waals surface area contributed by atoms with Gasteiger partial charge in [-0.1, -0.05) is 30.3 Å². The molecule has 2 aromatic carbocycles. The van der Waals surface area contributed by atoms with Crippen LogP contribution in [-0.2, 0) is 0 Å². The fraction of sp³-hybridized carbons (Fsp3) is 0.294. The van der Waals surface area contributed by atoms with Gasteiger partial charge in [-0.15, -0.1) is 0 Å². The Kier molecular flexibility index (Phi) is 4.30. The van der Waals surface area contributed by atoms with Gasteiger partial charge in [0.2, 0.25) is 0 Å². The number of hydrogen-bond donors (Lipinski definition) is 1. The Hall–Kier alpha value is -2.00. The first-order valence-electron chi connectivity index (χ1n) is 6.62. The summed E-state index contributed by atoms with van der Waals surface area (Å²) < 4.78 is 10.8. The van der Waals surface area contributed by atoms with Crippen molar-refractivity contribution in [3.63, 3.8) is 0 Å². The molecule has 0 aliphatic carbocycles. The van der Waals surface area contributed by atoms with Crippen LogP contribution in [0.3, 0.4) is 0 Å². The van der Waals surface area contributed by atoms with Gasteiger partial charge in [0.15, 0.2) is 11.5 Å². The van der Waals surface area contributed by atoms with E-state index >= 15 is 0 Å². The number of para-hydroxylation sites is 1. The number of rotatable bonds is 4. The van der Waals surface area contributed by atoms with Crippen LogP contribution >= 0.6 is 0 Å². The smallest absolute Gasteiger partial charge is 0.165 e. The zero-order valence-electron chi connectivity index (χ0n) is 12.4. The summed E-state index contributed by atoms with van der Waals surface area (Å²) in [5.41, 5.74) is 10.9. The molecule has 0 bridgehead atoms. The monoisotopic (exact) mass is 271 g/mol. The minimum absolute atomic E-state index is 0.236. The maximum Gasteiger partial charge on any atom is 0.165 e. The van der Waals surface area contributed by atoms with Gasteiger partial charge < -0.3 is 15.2 Å². The molecule has 2 aromatic rings. The lowest BCUT2D eigenvalue weighted by Crippen LogP contribution is -2.15. The third kappa shape index (κ3) is 2.49. The molecule has 0 amide bonds.